The summed E-state index contributed by atoms with van der Waals surface area (Å²) in [4.78, 5) is 0. The van der Waals surface area contributed by atoms with Crippen molar-refractivity contribution < 1.29 is 4.74 Å². The molecule has 2 aromatic carbocycles. The van der Waals surface area contributed by atoms with E-state index in [4.69, 9.17) is 4.74 Å². The second-order valence-electron chi connectivity index (χ2n) is 3.19. The van der Waals surface area contributed by atoms with Gasteiger partial charge in [-0.05, 0) is 0 Å². The summed E-state index contributed by atoms with van der Waals surface area (Å²) < 4.78 is 5.64. The summed E-state index contributed by atoms with van der Waals surface area (Å²) in [5.74, 6) is 1.69. The first-order chi connectivity index (χ1) is 7.38. The zero-order chi connectivity index (χ0) is 10.5. The van der Waals surface area contributed by atoms with E-state index in [0.29, 0.717) is 0 Å². The first kappa shape index (κ1) is 9.72. The van der Waals surface area contributed by atoms with Crippen molar-refractivity contribution in [2.45, 2.75) is 0 Å². The van der Waals surface area contributed by atoms with E-state index in [2.05, 4.69) is 6.47 Å². The van der Waals surface area contributed by atoms with Crippen LogP contribution in [0.5, 0.6) is 11.5 Å². The fraction of sp³-hybridized carbons (Fsp3) is 0. The number of para-hydroxylation sites is 1. The molecule has 0 spiro atoms. The summed E-state index contributed by atoms with van der Waals surface area (Å²) in [5.41, 5.74) is 1.09. The van der Waals surface area contributed by atoms with Gasteiger partial charge in [-0.1, -0.05) is 0 Å². The molecule has 0 saturated heterocycles. The van der Waals surface area contributed by atoms with Crippen LogP contribution in [-0.4, -0.2) is 13.4 Å². The summed E-state index contributed by atoms with van der Waals surface area (Å²) in [7, 11) is 0. The Morgan fingerprint density at radius 2 is 1.40 bits per heavy atom. The maximum absolute atomic E-state index is 5.64. The molecule has 0 aromatic heterocycles. The van der Waals surface area contributed by atoms with Crippen molar-refractivity contribution in [3.8, 4) is 11.5 Å². The Labute approximate surface area is 90.2 Å². The molecule has 0 amide bonds. The van der Waals surface area contributed by atoms with Crippen LogP contribution in [0.25, 0.3) is 0 Å². The third kappa shape index (κ3) is 2.56. The van der Waals surface area contributed by atoms with Gasteiger partial charge in [-0.3, -0.25) is 0 Å². The van der Waals surface area contributed by atoms with Crippen LogP contribution in [0.3, 0.4) is 0 Å². The molecule has 0 fully saturated rings. The van der Waals surface area contributed by atoms with Gasteiger partial charge in [-0.25, -0.2) is 0 Å². The first-order valence-electron chi connectivity index (χ1n) is 4.84. The predicted molar refractivity (Wildman–Crippen MR) is 65.5 cm³/mol. The Kier molecular flexibility index (Phi) is 2.98. The number of ether oxygens (including phenoxy) is 1. The van der Waals surface area contributed by atoms with E-state index >= 15 is 0 Å². The molecule has 0 aliphatic heterocycles. The Hall–Kier alpha value is -1.83. The third-order valence-corrected chi connectivity index (χ3v) is 2.09. The van der Waals surface area contributed by atoms with Crippen LogP contribution >= 0.6 is 0 Å². The topological polar surface area (TPSA) is 9.23 Å². The SMILES string of the molecule is C=Bc1ccc(Oc2ccccc2)cc1. The average molecular weight is 194 g/mol. The quantitative estimate of drug-likeness (QED) is 0.680. The predicted octanol–water partition coefficient (Wildman–Crippen LogP) is 2.24. The van der Waals surface area contributed by atoms with E-state index in [1.807, 2.05) is 61.5 Å². The molecule has 0 unspecified atom stereocenters. The van der Waals surface area contributed by atoms with Crippen LogP contribution in [0.2, 0.25) is 0 Å². The monoisotopic (exact) mass is 194 g/mol. The molecule has 0 bridgehead atoms. The summed E-state index contributed by atoms with van der Waals surface area (Å²) in [6.07, 6.45) is 0. The summed E-state index contributed by atoms with van der Waals surface area (Å²) in [6.45, 7) is 5.52. The van der Waals surface area contributed by atoms with Crippen molar-refractivity contribution in [1.29, 1.82) is 0 Å². The molecule has 2 aromatic rings. The van der Waals surface area contributed by atoms with Gasteiger partial charge in [-0.2, -0.15) is 0 Å². The molecule has 2 rings (SSSR count). The summed E-state index contributed by atoms with van der Waals surface area (Å²) in [6, 6.07) is 17.6. The van der Waals surface area contributed by atoms with Crippen molar-refractivity contribution in [3.63, 3.8) is 0 Å². The molecule has 0 radical (unpaired) electrons. The number of hydrogen-bond donors (Lipinski definition) is 0. The van der Waals surface area contributed by atoms with Gasteiger partial charge >= 0.3 is 89.7 Å². The summed E-state index contributed by atoms with van der Waals surface area (Å²) in [5, 5.41) is 0. The van der Waals surface area contributed by atoms with E-state index in [1.165, 1.54) is 0 Å². The van der Waals surface area contributed by atoms with Crippen LogP contribution in [0, 0.1) is 0 Å². The number of hydrogen-bond acceptors (Lipinski definition) is 1. The first-order valence-corrected chi connectivity index (χ1v) is 4.84. The van der Waals surface area contributed by atoms with Crippen LogP contribution in [-0.2, 0) is 0 Å². The normalized spacial score (nSPS) is 9.33. The van der Waals surface area contributed by atoms with Gasteiger partial charge in [0, 0.05) is 0 Å². The van der Waals surface area contributed by atoms with E-state index in [9.17, 15) is 0 Å². The second-order valence-corrected chi connectivity index (χ2v) is 3.19. The van der Waals surface area contributed by atoms with Crippen molar-refractivity contribution in [2.75, 3.05) is 0 Å². The molecule has 0 saturated carbocycles. The van der Waals surface area contributed by atoms with Crippen LogP contribution in [0.1, 0.15) is 0 Å². The molecule has 1 nitrogen and oxygen atoms in total. The molecule has 0 atom stereocenters. The molecular weight excluding hydrogens is 183 g/mol. The van der Waals surface area contributed by atoms with Gasteiger partial charge in [0.2, 0.25) is 0 Å². The Balaban J connectivity index is 2.15. The second kappa shape index (κ2) is 4.60. The van der Waals surface area contributed by atoms with Gasteiger partial charge in [0.05, 0.1) is 0 Å². The fourth-order valence-electron chi connectivity index (χ4n) is 1.30. The van der Waals surface area contributed by atoms with E-state index in [1.54, 1.807) is 0 Å². The van der Waals surface area contributed by atoms with Crippen LogP contribution in [0.15, 0.2) is 54.6 Å². The zero-order valence-electron chi connectivity index (χ0n) is 8.39. The number of benzene rings is 2. The van der Waals surface area contributed by atoms with E-state index in [0.717, 1.165) is 17.0 Å². The van der Waals surface area contributed by atoms with Crippen molar-refractivity contribution >= 4 is 18.9 Å². The molecule has 0 N–H and O–H groups in total. The number of rotatable bonds is 3. The molecule has 0 aliphatic rings. The molecule has 2 heteroatoms. The van der Waals surface area contributed by atoms with Crippen molar-refractivity contribution in [2.24, 2.45) is 0 Å². The third-order valence-electron chi connectivity index (χ3n) is 2.09. The Morgan fingerprint density at radius 3 is 2.00 bits per heavy atom. The summed E-state index contributed by atoms with van der Waals surface area (Å²) >= 11 is 0. The van der Waals surface area contributed by atoms with Crippen LogP contribution < -0.4 is 10.2 Å². The van der Waals surface area contributed by atoms with Crippen LogP contribution in [0.4, 0.5) is 0 Å². The van der Waals surface area contributed by atoms with Gasteiger partial charge in [-0.15, -0.1) is 0 Å². The minimum absolute atomic E-state index is 0.840. The van der Waals surface area contributed by atoms with Gasteiger partial charge in [0.25, 0.3) is 0 Å². The van der Waals surface area contributed by atoms with E-state index in [-0.39, 0.29) is 0 Å². The maximum atomic E-state index is 5.64. The fourth-order valence-corrected chi connectivity index (χ4v) is 1.30. The molecule has 15 heavy (non-hydrogen) atoms. The Morgan fingerprint density at radius 1 is 0.800 bits per heavy atom. The average Bonchev–Trinajstić information content (AvgIpc) is 2.31. The van der Waals surface area contributed by atoms with Crippen molar-refractivity contribution in [1.82, 2.24) is 0 Å². The molecule has 0 heterocycles. The minimum atomic E-state index is 0.840. The molecule has 72 valence electrons. The molecule has 0 aliphatic carbocycles. The van der Waals surface area contributed by atoms with Gasteiger partial charge in [0.1, 0.15) is 0 Å². The molecular formula is C13H11BO. The zero-order valence-corrected chi connectivity index (χ0v) is 8.39. The van der Waals surface area contributed by atoms with E-state index < -0.39 is 0 Å². The Bertz CT molecular complexity index is 434. The van der Waals surface area contributed by atoms with Crippen molar-refractivity contribution in [3.05, 3.63) is 54.6 Å². The van der Waals surface area contributed by atoms with Gasteiger partial charge in [0.15, 0.2) is 0 Å². The standard InChI is InChI=1S/C13H11BO/c1-14-11-7-9-13(10-8-11)15-12-5-3-2-4-6-12/h2-10H,1H2. The van der Waals surface area contributed by atoms with Gasteiger partial charge < -0.3 is 0 Å².